The maximum absolute atomic E-state index is 6.06. The largest absolute Gasteiger partial charge is 0.370 e. The Morgan fingerprint density at radius 2 is 1.96 bits per heavy atom. The number of rotatable bonds is 7. The summed E-state index contributed by atoms with van der Waals surface area (Å²) in [5, 5.41) is 1.08. The number of fused-ring (bicyclic) bond motifs is 1. The Bertz CT molecular complexity index is 787. The Kier molecular flexibility index (Phi) is 6.56. The zero-order valence-corrected chi connectivity index (χ0v) is 18.0. The second-order valence-corrected chi connectivity index (χ2v) is 8.83. The lowest BCUT2D eigenvalue weighted by Gasteiger charge is -2.32. The highest BCUT2D eigenvalue weighted by Gasteiger charge is 2.30. The summed E-state index contributed by atoms with van der Waals surface area (Å²) in [6, 6.07) is 8.45. The van der Waals surface area contributed by atoms with E-state index in [1.165, 1.54) is 11.1 Å². The predicted octanol–water partition coefficient (Wildman–Crippen LogP) is 4.74. The van der Waals surface area contributed by atoms with Crippen LogP contribution >= 0.6 is 11.8 Å². The first-order valence-corrected chi connectivity index (χ1v) is 10.9. The standard InChI is InChI=1S/C22H31N3OS/c1-6-25(7-2)11-12-27-21-18-15-26-22(4,5)14-19(18)23-20(24-21)17-10-8-9-16(3)13-17/h8-10,13H,6-7,11-12,14-15H2,1-5H3. The average Bonchev–Trinajstić information content (AvgIpc) is 2.64. The molecule has 0 N–H and O–H groups in total. The van der Waals surface area contributed by atoms with Gasteiger partial charge >= 0.3 is 0 Å². The highest BCUT2D eigenvalue weighted by atomic mass is 32.2. The molecule has 0 atom stereocenters. The number of aromatic nitrogens is 2. The summed E-state index contributed by atoms with van der Waals surface area (Å²) in [5.74, 6) is 1.86. The molecule has 3 rings (SSSR count). The van der Waals surface area contributed by atoms with Crippen LogP contribution in [0.4, 0.5) is 0 Å². The molecule has 0 spiro atoms. The summed E-state index contributed by atoms with van der Waals surface area (Å²) in [4.78, 5) is 12.3. The van der Waals surface area contributed by atoms with E-state index in [1.807, 2.05) is 11.8 Å². The number of nitrogens with zero attached hydrogens (tertiary/aromatic N) is 3. The van der Waals surface area contributed by atoms with Gasteiger partial charge < -0.3 is 9.64 Å². The number of aryl methyl sites for hydroxylation is 1. The van der Waals surface area contributed by atoms with Crippen molar-refractivity contribution in [3.8, 4) is 11.4 Å². The molecular formula is C22H31N3OS. The molecule has 0 amide bonds. The van der Waals surface area contributed by atoms with Crippen molar-refractivity contribution < 1.29 is 4.74 Å². The van der Waals surface area contributed by atoms with Gasteiger partial charge in [0.25, 0.3) is 0 Å². The molecule has 0 fully saturated rings. The molecule has 4 nitrogen and oxygen atoms in total. The molecule has 0 saturated heterocycles. The van der Waals surface area contributed by atoms with E-state index in [0.29, 0.717) is 6.61 Å². The summed E-state index contributed by atoms with van der Waals surface area (Å²) in [5.41, 5.74) is 4.47. The van der Waals surface area contributed by atoms with Gasteiger partial charge in [0.2, 0.25) is 0 Å². The van der Waals surface area contributed by atoms with Crippen LogP contribution in [0.15, 0.2) is 29.3 Å². The zero-order chi connectivity index (χ0) is 19.4. The predicted molar refractivity (Wildman–Crippen MR) is 113 cm³/mol. The Balaban J connectivity index is 1.92. The van der Waals surface area contributed by atoms with E-state index in [9.17, 15) is 0 Å². The summed E-state index contributed by atoms with van der Waals surface area (Å²) in [6.07, 6.45) is 0.827. The van der Waals surface area contributed by atoms with E-state index in [-0.39, 0.29) is 5.60 Å². The van der Waals surface area contributed by atoms with Crippen LogP contribution in [0.5, 0.6) is 0 Å². The van der Waals surface area contributed by atoms with Crippen molar-refractivity contribution in [2.75, 3.05) is 25.4 Å². The molecule has 2 heterocycles. The van der Waals surface area contributed by atoms with Gasteiger partial charge in [0.1, 0.15) is 5.03 Å². The van der Waals surface area contributed by atoms with Gasteiger partial charge in [-0.15, -0.1) is 11.8 Å². The minimum atomic E-state index is -0.172. The monoisotopic (exact) mass is 385 g/mol. The van der Waals surface area contributed by atoms with Crippen LogP contribution in [0.2, 0.25) is 0 Å². The molecule has 1 aliphatic rings. The lowest BCUT2D eigenvalue weighted by atomic mass is 9.96. The van der Waals surface area contributed by atoms with Gasteiger partial charge in [-0.25, -0.2) is 9.97 Å². The Hall–Kier alpha value is -1.43. The Morgan fingerprint density at radius 3 is 2.67 bits per heavy atom. The number of ether oxygens (including phenoxy) is 1. The van der Waals surface area contributed by atoms with E-state index >= 15 is 0 Å². The van der Waals surface area contributed by atoms with E-state index < -0.39 is 0 Å². The third-order valence-corrected chi connectivity index (χ3v) is 6.07. The van der Waals surface area contributed by atoms with Crippen molar-refractivity contribution >= 4 is 11.8 Å². The topological polar surface area (TPSA) is 38.2 Å². The fourth-order valence-electron chi connectivity index (χ4n) is 3.36. The zero-order valence-electron chi connectivity index (χ0n) is 17.2. The highest BCUT2D eigenvalue weighted by molar-refractivity contribution is 7.99. The van der Waals surface area contributed by atoms with Crippen molar-refractivity contribution in [1.82, 2.24) is 14.9 Å². The molecule has 0 radical (unpaired) electrons. The number of hydrogen-bond donors (Lipinski definition) is 0. The van der Waals surface area contributed by atoms with Crippen LogP contribution in [0, 0.1) is 6.92 Å². The summed E-state index contributed by atoms with van der Waals surface area (Å²) in [7, 11) is 0. The summed E-state index contributed by atoms with van der Waals surface area (Å²) >= 11 is 1.83. The molecule has 0 saturated carbocycles. The molecule has 2 aromatic rings. The molecule has 0 aliphatic carbocycles. The van der Waals surface area contributed by atoms with Crippen LogP contribution in [0.3, 0.4) is 0 Å². The maximum atomic E-state index is 6.06. The van der Waals surface area contributed by atoms with Crippen molar-refractivity contribution in [2.45, 2.75) is 58.3 Å². The van der Waals surface area contributed by atoms with Crippen molar-refractivity contribution in [3.63, 3.8) is 0 Å². The van der Waals surface area contributed by atoms with Gasteiger partial charge in [-0.3, -0.25) is 0 Å². The van der Waals surface area contributed by atoms with Crippen LogP contribution in [-0.4, -0.2) is 45.9 Å². The Morgan fingerprint density at radius 1 is 1.19 bits per heavy atom. The molecule has 0 bridgehead atoms. The van der Waals surface area contributed by atoms with Crippen molar-refractivity contribution in [3.05, 3.63) is 41.1 Å². The summed E-state index contributed by atoms with van der Waals surface area (Å²) < 4.78 is 6.06. The van der Waals surface area contributed by atoms with E-state index in [1.54, 1.807) is 0 Å². The van der Waals surface area contributed by atoms with Crippen LogP contribution in [-0.2, 0) is 17.8 Å². The van der Waals surface area contributed by atoms with E-state index in [2.05, 4.69) is 63.8 Å². The SMILES string of the molecule is CCN(CC)CCSc1nc(-c2cccc(C)c2)nc2c1COC(C)(C)C2. The lowest BCUT2D eigenvalue weighted by Crippen LogP contribution is -2.33. The number of hydrogen-bond acceptors (Lipinski definition) is 5. The molecule has 146 valence electrons. The summed E-state index contributed by atoms with van der Waals surface area (Å²) in [6.45, 7) is 14.7. The number of thioether (sulfide) groups is 1. The quantitative estimate of drug-likeness (QED) is 0.508. The minimum Gasteiger partial charge on any atom is -0.370 e. The van der Waals surface area contributed by atoms with Crippen molar-refractivity contribution in [2.24, 2.45) is 0 Å². The van der Waals surface area contributed by atoms with Gasteiger partial charge in [0, 0.05) is 29.8 Å². The maximum Gasteiger partial charge on any atom is 0.160 e. The molecule has 5 heteroatoms. The lowest BCUT2D eigenvalue weighted by molar-refractivity contribution is -0.0428. The highest BCUT2D eigenvalue weighted by Crippen LogP contribution is 2.34. The van der Waals surface area contributed by atoms with Gasteiger partial charge in [-0.1, -0.05) is 37.6 Å². The van der Waals surface area contributed by atoms with Gasteiger partial charge in [0.15, 0.2) is 5.82 Å². The molecule has 1 aliphatic heterocycles. The van der Waals surface area contributed by atoms with Crippen LogP contribution in [0.1, 0.15) is 44.5 Å². The first-order valence-electron chi connectivity index (χ1n) is 9.87. The third-order valence-electron chi connectivity index (χ3n) is 5.07. The van der Waals surface area contributed by atoms with Crippen molar-refractivity contribution in [1.29, 1.82) is 0 Å². The van der Waals surface area contributed by atoms with Gasteiger partial charge in [0.05, 0.1) is 17.9 Å². The minimum absolute atomic E-state index is 0.172. The second-order valence-electron chi connectivity index (χ2n) is 7.75. The molecule has 27 heavy (non-hydrogen) atoms. The first-order chi connectivity index (χ1) is 12.9. The van der Waals surface area contributed by atoms with E-state index in [4.69, 9.17) is 14.7 Å². The van der Waals surface area contributed by atoms with Crippen LogP contribution in [0.25, 0.3) is 11.4 Å². The molecular weight excluding hydrogens is 354 g/mol. The molecule has 0 unspecified atom stereocenters. The van der Waals surface area contributed by atoms with Gasteiger partial charge in [-0.05, 0) is 39.9 Å². The second kappa shape index (κ2) is 8.72. The number of benzene rings is 1. The smallest absolute Gasteiger partial charge is 0.160 e. The third kappa shape index (κ3) is 5.09. The van der Waals surface area contributed by atoms with Gasteiger partial charge in [-0.2, -0.15) is 0 Å². The normalized spacial score (nSPS) is 15.8. The van der Waals surface area contributed by atoms with Crippen LogP contribution < -0.4 is 0 Å². The fraction of sp³-hybridized carbons (Fsp3) is 0.545. The molecule has 1 aromatic heterocycles. The van der Waals surface area contributed by atoms with E-state index in [0.717, 1.165) is 53.9 Å². The fourth-order valence-corrected chi connectivity index (χ4v) is 4.41. The first kappa shape index (κ1) is 20.3. The molecule has 1 aromatic carbocycles. The Labute approximate surface area is 167 Å². The average molecular weight is 386 g/mol.